The van der Waals surface area contributed by atoms with Crippen molar-refractivity contribution in [2.24, 2.45) is 5.92 Å². The SMILES string of the molecule is Nc1ncc([C@H]2[C@H]3O[C@H](C[C@@H]3O)[C@H]2C(=O)Nc2ccc(Cl)c(Cl)c2)cn1. The number of ether oxygens (including phenoxy) is 1. The monoisotopic (exact) mass is 394 g/mol. The van der Waals surface area contributed by atoms with Gasteiger partial charge in [-0.2, -0.15) is 0 Å². The summed E-state index contributed by atoms with van der Waals surface area (Å²) in [7, 11) is 0. The number of hydrogen-bond donors (Lipinski definition) is 3. The maximum absolute atomic E-state index is 12.9. The first kappa shape index (κ1) is 17.5. The number of fused-ring (bicyclic) bond motifs is 2. The lowest BCUT2D eigenvalue weighted by Gasteiger charge is -2.29. The van der Waals surface area contributed by atoms with E-state index in [1.807, 2.05) is 0 Å². The number of hydrogen-bond acceptors (Lipinski definition) is 6. The molecular formula is C17H16Cl2N4O3. The van der Waals surface area contributed by atoms with Crippen LogP contribution in [-0.4, -0.2) is 39.3 Å². The van der Waals surface area contributed by atoms with Crippen molar-refractivity contribution < 1.29 is 14.6 Å². The lowest BCUT2D eigenvalue weighted by Crippen LogP contribution is -2.41. The van der Waals surface area contributed by atoms with Crippen molar-refractivity contribution in [2.45, 2.75) is 30.7 Å². The first-order valence-corrected chi connectivity index (χ1v) is 8.86. The number of aromatic nitrogens is 2. The number of anilines is 2. The van der Waals surface area contributed by atoms with E-state index in [0.29, 0.717) is 27.7 Å². The van der Waals surface area contributed by atoms with Crippen molar-refractivity contribution >= 4 is 40.7 Å². The zero-order valence-corrected chi connectivity index (χ0v) is 15.0. The van der Waals surface area contributed by atoms with E-state index in [1.165, 1.54) is 0 Å². The van der Waals surface area contributed by atoms with Crippen LogP contribution < -0.4 is 11.1 Å². The third-order valence-electron chi connectivity index (χ3n) is 4.89. The Kier molecular flexibility index (Phi) is 4.48. The Balaban J connectivity index is 1.61. The average Bonchev–Trinajstić information content (AvgIpc) is 3.16. The molecule has 0 aliphatic carbocycles. The van der Waals surface area contributed by atoms with Crippen molar-refractivity contribution in [3.05, 3.63) is 46.2 Å². The number of rotatable bonds is 3. The molecule has 2 bridgehead atoms. The quantitative estimate of drug-likeness (QED) is 0.735. The number of benzene rings is 1. The highest BCUT2D eigenvalue weighted by molar-refractivity contribution is 6.42. The lowest BCUT2D eigenvalue weighted by atomic mass is 9.74. The van der Waals surface area contributed by atoms with Gasteiger partial charge < -0.3 is 20.9 Å². The molecule has 3 heterocycles. The van der Waals surface area contributed by atoms with Gasteiger partial charge in [0.2, 0.25) is 11.9 Å². The molecule has 1 aromatic heterocycles. The first-order valence-electron chi connectivity index (χ1n) is 8.11. The van der Waals surface area contributed by atoms with E-state index in [4.69, 9.17) is 33.7 Å². The van der Waals surface area contributed by atoms with E-state index in [0.717, 1.165) is 0 Å². The van der Waals surface area contributed by atoms with E-state index in [-0.39, 0.29) is 23.9 Å². The summed E-state index contributed by atoms with van der Waals surface area (Å²) in [5.41, 5.74) is 6.80. The number of carbonyl (C=O) groups is 1. The number of halogens is 2. The molecule has 0 unspecified atom stereocenters. The molecule has 5 atom stereocenters. The molecule has 7 nitrogen and oxygen atoms in total. The highest BCUT2D eigenvalue weighted by Crippen LogP contribution is 2.49. The minimum Gasteiger partial charge on any atom is -0.390 e. The van der Waals surface area contributed by atoms with E-state index >= 15 is 0 Å². The third-order valence-corrected chi connectivity index (χ3v) is 5.63. The van der Waals surface area contributed by atoms with E-state index in [9.17, 15) is 9.90 Å². The highest BCUT2D eigenvalue weighted by Gasteiger charge is 2.57. The van der Waals surface area contributed by atoms with Gasteiger partial charge >= 0.3 is 0 Å². The molecule has 0 radical (unpaired) electrons. The summed E-state index contributed by atoms with van der Waals surface area (Å²) >= 11 is 11.9. The number of carbonyl (C=O) groups excluding carboxylic acids is 1. The number of amides is 1. The number of nitrogens with two attached hydrogens (primary N) is 1. The molecular weight excluding hydrogens is 379 g/mol. The number of aliphatic hydroxyl groups excluding tert-OH is 1. The summed E-state index contributed by atoms with van der Waals surface area (Å²) in [4.78, 5) is 20.9. The fourth-order valence-electron chi connectivity index (χ4n) is 3.76. The minimum absolute atomic E-state index is 0.148. The standard InChI is InChI=1S/C17H16Cl2N4O3/c18-9-2-1-8(3-10(9)19)23-16(25)14-12-4-11(24)15(26-12)13(14)7-5-21-17(20)22-6-7/h1-3,5-6,11-15,24H,4H2,(H,23,25)(H2,20,21,22)/t11-,12+,13+,14+,15-/m0/s1. The van der Waals surface area contributed by atoms with Crippen LogP contribution in [0.2, 0.25) is 10.0 Å². The van der Waals surface area contributed by atoms with Crippen LogP contribution in [0.25, 0.3) is 0 Å². The van der Waals surface area contributed by atoms with Crippen molar-refractivity contribution in [1.29, 1.82) is 0 Å². The second-order valence-corrected chi connectivity index (χ2v) is 7.30. The van der Waals surface area contributed by atoms with Crippen molar-refractivity contribution in [3.8, 4) is 0 Å². The Bertz CT molecular complexity index is 848. The smallest absolute Gasteiger partial charge is 0.230 e. The van der Waals surface area contributed by atoms with Gasteiger partial charge in [0.1, 0.15) is 0 Å². The summed E-state index contributed by atoms with van der Waals surface area (Å²) < 4.78 is 5.85. The van der Waals surface area contributed by atoms with E-state index < -0.39 is 18.1 Å². The minimum atomic E-state index is -0.628. The molecule has 4 rings (SSSR count). The van der Waals surface area contributed by atoms with E-state index in [1.54, 1.807) is 30.6 Å². The van der Waals surface area contributed by atoms with Gasteiger partial charge in [0.15, 0.2) is 0 Å². The zero-order chi connectivity index (χ0) is 18.4. The fraction of sp³-hybridized carbons (Fsp3) is 0.353. The Labute approximate surface area is 159 Å². The number of nitrogens with zero attached hydrogens (tertiary/aromatic N) is 2. The summed E-state index contributed by atoms with van der Waals surface area (Å²) in [5.74, 6) is -0.906. The van der Waals surface area contributed by atoms with Crippen molar-refractivity contribution in [1.82, 2.24) is 9.97 Å². The molecule has 2 aromatic rings. The van der Waals surface area contributed by atoms with Crippen LogP contribution in [0, 0.1) is 5.92 Å². The van der Waals surface area contributed by atoms with Gasteiger partial charge in [-0.3, -0.25) is 4.79 Å². The van der Waals surface area contributed by atoms with Crippen molar-refractivity contribution in [3.63, 3.8) is 0 Å². The average molecular weight is 395 g/mol. The molecule has 0 spiro atoms. The van der Waals surface area contributed by atoms with Gasteiger partial charge in [0.05, 0.1) is 34.3 Å². The largest absolute Gasteiger partial charge is 0.390 e. The van der Waals surface area contributed by atoms with Crippen LogP contribution in [0.15, 0.2) is 30.6 Å². The molecule has 0 saturated carbocycles. The van der Waals surface area contributed by atoms with Crippen molar-refractivity contribution in [2.75, 3.05) is 11.1 Å². The summed E-state index contributed by atoms with van der Waals surface area (Å²) in [6.07, 6.45) is 2.08. The zero-order valence-electron chi connectivity index (χ0n) is 13.5. The van der Waals surface area contributed by atoms with Crippen LogP contribution in [0.3, 0.4) is 0 Å². The van der Waals surface area contributed by atoms with Gasteiger partial charge in [-0.1, -0.05) is 23.2 Å². The molecule has 9 heteroatoms. The van der Waals surface area contributed by atoms with Crippen LogP contribution >= 0.6 is 23.2 Å². The van der Waals surface area contributed by atoms with Crippen LogP contribution in [0.4, 0.5) is 11.6 Å². The topological polar surface area (TPSA) is 110 Å². The van der Waals surface area contributed by atoms with Gasteiger partial charge in [0.25, 0.3) is 0 Å². The molecule has 2 saturated heterocycles. The van der Waals surface area contributed by atoms with Gasteiger partial charge in [-0.25, -0.2) is 9.97 Å². The Morgan fingerprint density at radius 1 is 1.27 bits per heavy atom. The molecule has 1 amide bonds. The predicted octanol–water partition coefficient (Wildman–Crippen LogP) is 2.24. The fourth-order valence-corrected chi connectivity index (χ4v) is 4.06. The maximum atomic E-state index is 12.9. The molecule has 2 aliphatic rings. The normalized spacial score (nSPS) is 29.7. The van der Waals surface area contributed by atoms with E-state index in [2.05, 4.69) is 15.3 Å². The molecule has 2 aliphatic heterocycles. The maximum Gasteiger partial charge on any atom is 0.230 e. The van der Waals surface area contributed by atoms with Crippen LogP contribution in [0.5, 0.6) is 0 Å². The molecule has 1 aromatic carbocycles. The summed E-state index contributed by atoms with van der Waals surface area (Å²) in [6.45, 7) is 0. The molecule has 2 fully saturated rings. The van der Waals surface area contributed by atoms with Crippen LogP contribution in [-0.2, 0) is 9.53 Å². The lowest BCUT2D eigenvalue weighted by molar-refractivity contribution is -0.121. The van der Waals surface area contributed by atoms with Crippen LogP contribution in [0.1, 0.15) is 17.9 Å². The number of aliphatic hydroxyl groups is 1. The van der Waals surface area contributed by atoms with Gasteiger partial charge in [-0.15, -0.1) is 0 Å². The number of nitrogen functional groups attached to an aromatic ring is 1. The van der Waals surface area contributed by atoms with Gasteiger partial charge in [0, 0.05) is 30.4 Å². The predicted molar refractivity (Wildman–Crippen MR) is 97.1 cm³/mol. The Hall–Kier alpha value is -1.93. The summed E-state index contributed by atoms with van der Waals surface area (Å²) in [5, 5.41) is 13.8. The second kappa shape index (κ2) is 6.66. The Morgan fingerprint density at radius 3 is 2.69 bits per heavy atom. The second-order valence-electron chi connectivity index (χ2n) is 6.49. The first-order chi connectivity index (χ1) is 12.4. The summed E-state index contributed by atoms with van der Waals surface area (Å²) in [6, 6.07) is 4.88. The Morgan fingerprint density at radius 2 is 2.00 bits per heavy atom. The molecule has 136 valence electrons. The number of nitrogens with one attached hydrogen (secondary N) is 1. The third kappa shape index (κ3) is 3.01. The molecule has 26 heavy (non-hydrogen) atoms. The van der Waals surface area contributed by atoms with Gasteiger partial charge in [-0.05, 0) is 23.8 Å². The highest BCUT2D eigenvalue weighted by atomic mass is 35.5. The molecule has 4 N–H and O–H groups in total.